The molecule has 4 heteroatoms. The summed E-state index contributed by atoms with van der Waals surface area (Å²) >= 11 is 0. The fourth-order valence-corrected chi connectivity index (χ4v) is 6.54. The van der Waals surface area contributed by atoms with Crippen LogP contribution in [0.5, 0.6) is 0 Å². The van der Waals surface area contributed by atoms with E-state index in [0.717, 1.165) is 29.5 Å². The fraction of sp³-hybridized carbons (Fsp3) is 0.184. The highest BCUT2D eigenvalue weighted by atomic mass is 15.2. The Balaban J connectivity index is 0.00000141. The van der Waals surface area contributed by atoms with E-state index in [1.54, 1.807) is 0 Å². The van der Waals surface area contributed by atoms with E-state index >= 15 is 0 Å². The van der Waals surface area contributed by atoms with Gasteiger partial charge in [0, 0.05) is 21.9 Å². The summed E-state index contributed by atoms with van der Waals surface area (Å²) in [6.45, 7) is 8.67. The van der Waals surface area contributed by atoms with Crippen molar-refractivity contribution in [1.82, 2.24) is 19.5 Å². The summed E-state index contributed by atoms with van der Waals surface area (Å²) in [5.41, 5.74) is 11.0. The van der Waals surface area contributed by atoms with Crippen molar-refractivity contribution in [3.63, 3.8) is 0 Å². The smallest absolute Gasteiger partial charge is 0.238 e. The van der Waals surface area contributed by atoms with Crippen LogP contribution in [0.4, 0.5) is 0 Å². The Morgan fingerprint density at radius 1 is 0.667 bits per heavy atom. The first-order valence-electron chi connectivity index (χ1n) is 14.9. The molecule has 4 aromatic carbocycles. The Kier molecular flexibility index (Phi) is 6.35. The second kappa shape index (κ2) is 10.2. The molecular weight excluding hydrogens is 512 g/mol. The summed E-state index contributed by atoms with van der Waals surface area (Å²) in [5.74, 6) is 2.00. The van der Waals surface area contributed by atoms with E-state index in [9.17, 15) is 0 Å². The third-order valence-electron chi connectivity index (χ3n) is 8.54. The molecule has 6 aromatic rings. The van der Waals surface area contributed by atoms with E-state index in [4.69, 9.17) is 15.0 Å². The molecule has 0 radical (unpaired) electrons. The molecule has 4 nitrogen and oxygen atoms in total. The number of nitrogens with zero attached hydrogens (tertiary/aromatic N) is 4. The summed E-state index contributed by atoms with van der Waals surface area (Å²) in [7, 11) is 0. The minimum absolute atomic E-state index is 0.0882. The number of benzene rings is 4. The lowest BCUT2D eigenvalue weighted by molar-refractivity contribution is 0.661. The molecule has 0 atom stereocenters. The van der Waals surface area contributed by atoms with Crippen molar-refractivity contribution in [2.75, 3.05) is 0 Å². The highest BCUT2D eigenvalue weighted by Crippen LogP contribution is 2.51. The predicted octanol–water partition coefficient (Wildman–Crippen LogP) is 9.44. The molecule has 42 heavy (non-hydrogen) atoms. The first kappa shape index (κ1) is 26.1. The molecule has 0 spiro atoms. The normalized spacial score (nSPS) is 14.1. The molecule has 0 bridgehead atoms. The van der Waals surface area contributed by atoms with Crippen LogP contribution in [0.3, 0.4) is 0 Å². The zero-order chi connectivity index (χ0) is 28.8. The molecule has 0 unspecified atom stereocenters. The predicted molar refractivity (Wildman–Crippen MR) is 174 cm³/mol. The van der Waals surface area contributed by atoms with Gasteiger partial charge in [0.15, 0.2) is 11.6 Å². The summed E-state index contributed by atoms with van der Waals surface area (Å²) in [6, 6.07) is 34.0. The van der Waals surface area contributed by atoms with E-state index < -0.39 is 0 Å². The third kappa shape index (κ3) is 4.01. The molecule has 0 saturated heterocycles. The Bertz CT molecular complexity index is 1910. The largest absolute Gasteiger partial charge is 0.278 e. The van der Waals surface area contributed by atoms with E-state index in [2.05, 4.69) is 91.2 Å². The number of aromatic nitrogens is 4. The van der Waals surface area contributed by atoms with Gasteiger partial charge in [0.05, 0.1) is 11.2 Å². The van der Waals surface area contributed by atoms with Crippen molar-refractivity contribution in [3.8, 4) is 39.9 Å². The van der Waals surface area contributed by atoms with Crippen LogP contribution in [0.2, 0.25) is 0 Å². The van der Waals surface area contributed by atoms with E-state index in [1.807, 2.05) is 50.2 Å². The number of hydrogen-bond acceptors (Lipinski definition) is 3. The number of aryl methyl sites for hydroxylation is 1. The quantitative estimate of drug-likeness (QED) is 0.222. The van der Waals surface area contributed by atoms with Crippen LogP contribution in [0, 0.1) is 0 Å². The maximum Gasteiger partial charge on any atom is 0.238 e. The number of allylic oxidation sites excluding steroid dienone is 1. The van der Waals surface area contributed by atoms with Crippen LogP contribution in [-0.4, -0.2) is 19.5 Å². The molecule has 2 aromatic heterocycles. The van der Waals surface area contributed by atoms with Gasteiger partial charge in [0.2, 0.25) is 5.95 Å². The van der Waals surface area contributed by atoms with E-state index in [0.29, 0.717) is 17.6 Å². The monoisotopic (exact) mass is 546 g/mol. The van der Waals surface area contributed by atoms with Crippen LogP contribution < -0.4 is 0 Å². The van der Waals surface area contributed by atoms with Crippen molar-refractivity contribution < 1.29 is 0 Å². The van der Waals surface area contributed by atoms with Crippen molar-refractivity contribution in [3.05, 3.63) is 126 Å². The molecule has 8 rings (SSSR count). The van der Waals surface area contributed by atoms with Crippen molar-refractivity contribution >= 4 is 17.0 Å². The lowest BCUT2D eigenvalue weighted by Crippen LogP contribution is -2.15. The fourth-order valence-electron chi connectivity index (χ4n) is 6.54. The van der Waals surface area contributed by atoms with Gasteiger partial charge in [-0.3, -0.25) is 4.57 Å². The molecular formula is C38H34N4. The summed E-state index contributed by atoms with van der Waals surface area (Å²) < 4.78 is 2.26. The third-order valence-corrected chi connectivity index (χ3v) is 8.54. The Hall–Kier alpha value is -4.83. The SMILES string of the molecule is CC.CC1(C)c2ccccc2-c2cc3c4c(n(-c5nc(-c6ccccc6)nc(-c6ccccc6)n5)c3cc21)C=CCC4. The zero-order valence-electron chi connectivity index (χ0n) is 24.6. The van der Waals surface area contributed by atoms with Gasteiger partial charge in [-0.05, 0) is 58.9 Å². The Morgan fingerprint density at radius 3 is 1.95 bits per heavy atom. The topological polar surface area (TPSA) is 43.6 Å². The van der Waals surface area contributed by atoms with Gasteiger partial charge in [-0.25, -0.2) is 4.98 Å². The van der Waals surface area contributed by atoms with Crippen LogP contribution >= 0.6 is 0 Å². The van der Waals surface area contributed by atoms with Gasteiger partial charge in [0.25, 0.3) is 0 Å². The van der Waals surface area contributed by atoms with Crippen LogP contribution in [-0.2, 0) is 11.8 Å². The van der Waals surface area contributed by atoms with Crippen molar-refractivity contribution in [2.45, 2.75) is 46.0 Å². The first-order chi connectivity index (χ1) is 20.6. The van der Waals surface area contributed by atoms with E-state index in [-0.39, 0.29) is 5.41 Å². The van der Waals surface area contributed by atoms with Crippen LogP contribution in [0.1, 0.15) is 56.5 Å². The standard InChI is InChI=1S/C36H28N4.C2H6/c1-36(2)29-19-11-9-17-25(29)27-21-28-26-18-10-12-20-31(26)40(32(28)22-30(27)36)35-38-33(23-13-5-3-6-14-23)37-34(39-35)24-15-7-4-8-16-24;1-2/h3-9,11-17,19-22H,10,18H2,1-2H3;1-2H3. The number of rotatable bonds is 3. The molecule has 0 saturated carbocycles. The minimum atomic E-state index is -0.0882. The molecule has 0 fully saturated rings. The molecule has 2 aliphatic carbocycles. The van der Waals surface area contributed by atoms with Gasteiger partial charge in [-0.1, -0.05) is 119 Å². The van der Waals surface area contributed by atoms with Crippen molar-refractivity contribution in [2.24, 2.45) is 0 Å². The highest BCUT2D eigenvalue weighted by molar-refractivity contribution is 5.97. The minimum Gasteiger partial charge on any atom is -0.278 e. The summed E-state index contributed by atoms with van der Waals surface area (Å²) in [5, 5.41) is 1.29. The van der Waals surface area contributed by atoms with Gasteiger partial charge >= 0.3 is 0 Å². The molecule has 2 aliphatic rings. The molecule has 0 amide bonds. The highest BCUT2D eigenvalue weighted by Gasteiger charge is 2.36. The summed E-state index contributed by atoms with van der Waals surface area (Å²) in [6.07, 6.45) is 6.55. The Morgan fingerprint density at radius 2 is 1.29 bits per heavy atom. The van der Waals surface area contributed by atoms with Crippen LogP contribution in [0.25, 0.3) is 56.8 Å². The second-order valence-corrected chi connectivity index (χ2v) is 11.2. The molecule has 2 heterocycles. The molecule has 0 aliphatic heterocycles. The lowest BCUT2D eigenvalue weighted by atomic mass is 9.82. The molecule has 206 valence electrons. The summed E-state index contributed by atoms with van der Waals surface area (Å²) in [4.78, 5) is 15.1. The Labute approximate surface area is 247 Å². The number of fused-ring (bicyclic) bond motifs is 6. The lowest BCUT2D eigenvalue weighted by Gasteiger charge is -2.21. The van der Waals surface area contributed by atoms with Gasteiger partial charge < -0.3 is 0 Å². The maximum atomic E-state index is 5.11. The molecule has 0 N–H and O–H groups in total. The first-order valence-corrected chi connectivity index (χ1v) is 14.9. The zero-order valence-corrected chi connectivity index (χ0v) is 24.6. The average molecular weight is 547 g/mol. The average Bonchev–Trinajstić information content (AvgIpc) is 3.50. The van der Waals surface area contributed by atoms with Gasteiger partial charge in [-0.15, -0.1) is 0 Å². The van der Waals surface area contributed by atoms with Gasteiger partial charge in [0.1, 0.15) is 0 Å². The van der Waals surface area contributed by atoms with Gasteiger partial charge in [-0.2, -0.15) is 9.97 Å². The van der Waals surface area contributed by atoms with E-state index in [1.165, 1.54) is 38.9 Å². The second-order valence-electron chi connectivity index (χ2n) is 11.2. The van der Waals surface area contributed by atoms with Crippen LogP contribution in [0.15, 0.2) is 103 Å². The number of hydrogen-bond donors (Lipinski definition) is 0. The van der Waals surface area contributed by atoms with Crippen molar-refractivity contribution in [1.29, 1.82) is 0 Å². The maximum absolute atomic E-state index is 5.11.